The highest BCUT2D eigenvalue weighted by molar-refractivity contribution is 7.89. The lowest BCUT2D eigenvalue weighted by atomic mass is 10.2. The second-order valence-electron chi connectivity index (χ2n) is 6.68. The zero-order chi connectivity index (χ0) is 19.4. The lowest BCUT2D eigenvalue weighted by molar-refractivity contribution is 0.0905. The Labute approximate surface area is 159 Å². The third kappa shape index (κ3) is 4.36. The Morgan fingerprint density at radius 1 is 1.19 bits per heavy atom. The van der Waals surface area contributed by atoms with E-state index in [1.807, 2.05) is 13.8 Å². The minimum Gasteiger partial charge on any atom is -0.412 e. The minimum atomic E-state index is -3.48. The van der Waals surface area contributed by atoms with Crippen molar-refractivity contribution in [3.05, 3.63) is 30.2 Å². The highest BCUT2D eigenvalue weighted by Crippen LogP contribution is 2.24. The molecule has 0 aliphatic carbocycles. The predicted octanol–water partition coefficient (Wildman–Crippen LogP) is 2.44. The number of nitrogens with one attached hydrogen (secondary N) is 1. The average Bonchev–Trinajstić information content (AvgIpc) is 3.19. The van der Waals surface area contributed by atoms with Crippen LogP contribution in [0.5, 0.6) is 0 Å². The molecule has 0 saturated carbocycles. The summed E-state index contributed by atoms with van der Waals surface area (Å²) in [5.41, 5.74) is 0.558. The summed E-state index contributed by atoms with van der Waals surface area (Å²) in [7, 11) is -3.48. The molecular formula is C18H24N4O4S. The number of amides is 1. The lowest BCUT2D eigenvalue weighted by Gasteiger charge is -2.25. The van der Waals surface area contributed by atoms with Crippen molar-refractivity contribution in [2.24, 2.45) is 0 Å². The van der Waals surface area contributed by atoms with Crippen LogP contribution in [-0.2, 0) is 10.0 Å². The van der Waals surface area contributed by atoms with Crippen molar-refractivity contribution in [1.29, 1.82) is 0 Å². The van der Waals surface area contributed by atoms with Gasteiger partial charge >= 0.3 is 11.8 Å². The summed E-state index contributed by atoms with van der Waals surface area (Å²) in [5, 5.41) is 10.4. The highest BCUT2D eigenvalue weighted by Gasteiger charge is 2.26. The van der Waals surface area contributed by atoms with Crippen molar-refractivity contribution in [1.82, 2.24) is 19.8 Å². The molecule has 9 heteroatoms. The molecule has 1 unspecified atom stereocenters. The third-order valence-corrected chi connectivity index (χ3v) is 6.58. The summed E-state index contributed by atoms with van der Waals surface area (Å²) < 4.78 is 32.3. The number of sulfonamides is 1. The van der Waals surface area contributed by atoms with Crippen LogP contribution in [0.4, 0.5) is 0 Å². The SMILES string of the molecule is CCC(C)NC(=O)c1nnc(-c2ccc(S(=O)(=O)N3CCCCC3)cc2)o1. The average molecular weight is 392 g/mol. The van der Waals surface area contributed by atoms with Gasteiger partial charge in [-0.25, -0.2) is 8.42 Å². The summed E-state index contributed by atoms with van der Waals surface area (Å²) in [6, 6.07) is 6.29. The molecule has 1 aliphatic heterocycles. The van der Waals surface area contributed by atoms with Crippen LogP contribution < -0.4 is 5.32 Å². The van der Waals surface area contributed by atoms with Crippen molar-refractivity contribution >= 4 is 15.9 Å². The fraction of sp³-hybridized carbons (Fsp3) is 0.500. The molecule has 1 N–H and O–H groups in total. The summed E-state index contributed by atoms with van der Waals surface area (Å²) in [6.45, 7) is 4.96. The first-order chi connectivity index (χ1) is 12.9. The number of aromatic nitrogens is 2. The topological polar surface area (TPSA) is 105 Å². The number of carbonyl (C=O) groups excluding carboxylic acids is 1. The smallest absolute Gasteiger partial charge is 0.309 e. The fourth-order valence-electron chi connectivity index (χ4n) is 2.84. The van der Waals surface area contributed by atoms with Crippen molar-refractivity contribution in [3.63, 3.8) is 0 Å². The molecule has 146 valence electrons. The van der Waals surface area contributed by atoms with Crippen LogP contribution in [0.1, 0.15) is 50.2 Å². The zero-order valence-electron chi connectivity index (χ0n) is 15.5. The van der Waals surface area contributed by atoms with Crippen LogP contribution in [0, 0.1) is 0 Å². The van der Waals surface area contributed by atoms with Crippen LogP contribution >= 0.6 is 0 Å². The van der Waals surface area contributed by atoms with Crippen molar-refractivity contribution in [2.45, 2.75) is 50.5 Å². The first-order valence-corrected chi connectivity index (χ1v) is 10.6. The van der Waals surface area contributed by atoms with Gasteiger partial charge in [0, 0.05) is 24.7 Å². The van der Waals surface area contributed by atoms with Gasteiger partial charge in [-0.3, -0.25) is 4.79 Å². The first kappa shape index (κ1) is 19.5. The van der Waals surface area contributed by atoms with Crippen LogP contribution in [0.25, 0.3) is 11.5 Å². The number of hydrogen-bond donors (Lipinski definition) is 1. The monoisotopic (exact) mass is 392 g/mol. The van der Waals surface area contributed by atoms with Gasteiger partial charge in [0.25, 0.3) is 0 Å². The molecule has 1 saturated heterocycles. The molecule has 0 spiro atoms. The maximum Gasteiger partial charge on any atom is 0.309 e. The molecule has 2 heterocycles. The molecule has 0 radical (unpaired) electrons. The minimum absolute atomic E-state index is 0.00660. The maximum atomic E-state index is 12.7. The molecule has 1 amide bonds. The van der Waals surface area contributed by atoms with E-state index in [-0.39, 0.29) is 22.7 Å². The van der Waals surface area contributed by atoms with Gasteiger partial charge in [-0.15, -0.1) is 10.2 Å². The van der Waals surface area contributed by atoms with Gasteiger partial charge in [0.15, 0.2) is 0 Å². The molecular weight excluding hydrogens is 368 g/mol. The Kier molecular flexibility index (Phi) is 5.91. The molecule has 8 nitrogen and oxygen atoms in total. The molecule has 1 aromatic carbocycles. The van der Waals surface area contributed by atoms with E-state index in [2.05, 4.69) is 15.5 Å². The third-order valence-electron chi connectivity index (χ3n) is 4.66. The Morgan fingerprint density at radius 2 is 1.85 bits per heavy atom. The van der Waals surface area contributed by atoms with Gasteiger partial charge in [0.1, 0.15) is 0 Å². The lowest BCUT2D eigenvalue weighted by Crippen LogP contribution is -2.35. The van der Waals surface area contributed by atoms with E-state index in [9.17, 15) is 13.2 Å². The summed E-state index contributed by atoms with van der Waals surface area (Å²) in [4.78, 5) is 12.3. The van der Waals surface area contributed by atoms with Crippen molar-refractivity contribution < 1.29 is 17.6 Å². The molecule has 1 aromatic heterocycles. The van der Waals surface area contributed by atoms with E-state index in [0.717, 1.165) is 25.7 Å². The van der Waals surface area contributed by atoms with E-state index >= 15 is 0 Å². The number of hydrogen-bond acceptors (Lipinski definition) is 6. The largest absolute Gasteiger partial charge is 0.412 e. The van der Waals surface area contributed by atoms with Gasteiger partial charge in [0.2, 0.25) is 15.9 Å². The predicted molar refractivity (Wildman–Crippen MR) is 99.6 cm³/mol. The Bertz CT molecular complexity index is 886. The summed E-state index contributed by atoms with van der Waals surface area (Å²) in [6.07, 6.45) is 3.64. The van der Waals surface area contributed by atoms with Crippen molar-refractivity contribution in [2.75, 3.05) is 13.1 Å². The fourth-order valence-corrected chi connectivity index (χ4v) is 4.36. The van der Waals surface area contributed by atoms with E-state index < -0.39 is 15.9 Å². The van der Waals surface area contributed by atoms with E-state index in [1.165, 1.54) is 16.4 Å². The van der Waals surface area contributed by atoms with Crippen LogP contribution in [0.3, 0.4) is 0 Å². The van der Waals surface area contributed by atoms with Gasteiger partial charge in [0.05, 0.1) is 4.90 Å². The van der Waals surface area contributed by atoms with Gasteiger partial charge in [-0.05, 0) is 50.5 Å². The zero-order valence-corrected chi connectivity index (χ0v) is 16.3. The second kappa shape index (κ2) is 8.18. The summed E-state index contributed by atoms with van der Waals surface area (Å²) >= 11 is 0. The summed E-state index contributed by atoms with van der Waals surface area (Å²) in [5.74, 6) is -0.367. The second-order valence-corrected chi connectivity index (χ2v) is 8.62. The molecule has 2 aromatic rings. The van der Waals surface area contributed by atoms with Gasteiger partial charge in [-0.2, -0.15) is 4.31 Å². The Balaban J connectivity index is 1.75. The quantitative estimate of drug-likeness (QED) is 0.809. The number of nitrogens with zero attached hydrogens (tertiary/aromatic N) is 3. The highest BCUT2D eigenvalue weighted by atomic mass is 32.2. The molecule has 1 fully saturated rings. The number of benzene rings is 1. The van der Waals surface area contributed by atoms with Crippen LogP contribution in [0.15, 0.2) is 33.6 Å². The van der Waals surface area contributed by atoms with E-state index in [1.54, 1.807) is 12.1 Å². The number of carbonyl (C=O) groups is 1. The maximum absolute atomic E-state index is 12.7. The van der Waals surface area contributed by atoms with Crippen molar-refractivity contribution in [3.8, 4) is 11.5 Å². The van der Waals surface area contributed by atoms with Crippen LogP contribution in [0.2, 0.25) is 0 Å². The number of piperidine rings is 1. The number of rotatable bonds is 6. The standard InChI is InChI=1S/C18H24N4O4S/c1-3-13(2)19-16(23)18-21-20-17(26-18)14-7-9-15(10-8-14)27(24,25)22-11-5-4-6-12-22/h7-10,13H,3-6,11-12H2,1-2H3,(H,19,23). The Morgan fingerprint density at radius 3 is 2.48 bits per heavy atom. The van der Waals surface area contributed by atoms with Crippen LogP contribution in [-0.4, -0.2) is 48.0 Å². The molecule has 27 heavy (non-hydrogen) atoms. The van der Waals surface area contributed by atoms with E-state index in [4.69, 9.17) is 4.42 Å². The molecule has 0 bridgehead atoms. The first-order valence-electron chi connectivity index (χ1n) is 9.16. The normalized spacial score (nSPS) is 16.8. The molecule has 1 atom stereocenters. The molecule has 1 aliphatic rings. The van der Waals surface area contributed by atoms with E-state index in [0.29, 0.717) is 18.7 Å². The molecule has 3 rings (SSSR count). The van der Waals surface area contributed by atoms with Gasteiger partial charge in [-0.1, -0.05) is 13.3 Å². The van der Waals surface area contributed by atoms with Gasteiger partial charge < -0.3 is 9.73 Å². The Hall–Kier alpha value is -2.26.